The SMILES string of the molecule is CC(C)c1ccc(NC(=O)c2ccc(Br)cn2)cc1. The molecule has 1 aromatic carbocycles. The molecule has 0 atom stereocenters. The molecule has 0 radical (unpaired) electrons. The molecule has 0 saturated carbocycles. The van der Waals surface area contributed by atoms with E-state index in [-0.39, 0.29) is 5.91 Å². The van der Waals surface area contributed by atoms with E-state index in [2.05, 4.69) is 40.1 Å². The van der Waals surface area contributed by atoms with Gasteiger partial charge in [-0.15, -0.1) is 0 Å². The van der Waals surface area contributed by atoms with Gasteiger partial charge >= 0.3 is 0 Å². The van der Waals surface area contributed by atoms with E-state index < -0.39 is 0 Å². The second kappa shape index (κ2) is 5.97. The first-order valence-corrected chi connectivity index (χ1v) is 6.88. The van der Waals surface area contributed by atoms with Crippen LogP contribution in [0.3, 0.4) is 0 Å². The van der Waals surface area contributed by atoms with Crippen LogP contribution in [0.1, 0.15) is 35.8 Å². The van der Waals surface area contributed by atoms with E-state index >= 15 is 0 Å². The van der Waals surface area contributed by atoms with Crippen molar-refractivity contribution in [1.29, 1.82) is 0 Å². The number of carbonyl (C=O) groups is 1. The summed E-state index contributed by atoms with van der Waals surface area (Å²) in [6.45, 7) is 4.28. The standard InChI is InChI=1S/C15H15BrN2O/c1-10(2)11-3-6-13(7-4-11)18-15(19)14-8-5-12(16)9-17-14/h3-10H,1-2H3,(H,18,19). The van der Waals surface area contributed by atoms with Gasteiger partial charge in [0.15, 0.2) is 0 Å². The summed E-state index contributed by atoms with van der Waals surface area (Å²) in [5.41, 5.74) is 2.43. The van der Waals surface area contributed by atoms with Crippen LogP contribution in [0.25, 0.3) is 0 Å². The summed E-state index contributed by atoms with van der Waals surface area (Å²) in [7, 11) is 0. The number of aromatic nitrogens is 1. The van der Waals surface area contributed by atoms with Gasteiger partial charge in [0, 0.05) is 16.4 Å². The monoisotopic (exact) mass is 318 g/mol. The average molecular weight is 319 g/mol. The maximum atomic E-state index is 12.0. The zero-order chi connectivity index (χ0) is 13.8. The molecule has 2 aromatic rings. The Balaban J connectivity index is 2.08. The molecule has 1 heterocycles. The van der Waals surface area contributed by atoms with Crippen LogP contribution in [0.5, 0.6) is 0 Å². The van der Waals surface area contributed by atoms with Crippen LogP contribution in [-0.2, 0) is 0 Å². The molecule has 0 aliphatic heterocycles. The van der Waals surface area contributed by atoms with E-state index in [0.717, 1.165) is 10.2 Å². The number of hydrogen-bond donors (Lipinski definition) is 1. The minimum absolute atomic E-state index is 0.204. The maximum absolute atomic E-state index is 12.0. The van der Waals surface area contributed by atoms with Gasteiger partial charge in [0.05, 0.1) is 0 Å². The smallest absolute Gasteiger partial charge is 0.274 e. The lowest BCUT2D eigenvalue weighted by Gasteiger charge is -2.08. The molecule has 1 amide bonds. The van der Waals surface area contributed by atoms with E-state index in [4.69, 9.17) is 0 Å². The number of pyridine rings is 1. The molecule has 0 aliphatic carbocycles. The number of rotatable bonds is 3. The van der Waals surface area contributed by atoms with Crippen molar-refractivity contribution in [3.63, 3.8) is 0 Å². The fourth-order valence-electron chi connectivity index (χ4n) is 1.66. The van der Waals surface area contributed by atoms with Crippen molar-refractivity contribution in [2.75, 3.05) is 5.32 Å². The lowest BCUT2D eigenvalue weighted by molar-refractivity contribution is 0.102. The third-order valence-electron chi connectivity index (χ3n) is 2.80. The second-order valence-electron chi connectivity index (χ2n) is 4.59. The van der Waals surface area contributed by atoms with Crippen LogP contribution in [0.4, 0.5) is 5.69 Å². The highest BCUT2D eigenvalue weighted by atomic mass is 79.9. The number of nitrogens with zero attached hydrogens (tertiary/aromatic N) is 1. The van der Waals surface area contributed by atoms with E-state index in [9.17, 15) is 4.79 Å². The molecule has 0 bridgehead atoms. The van der Waals surface area contributed by atoms with Crippen molar-refractivity contribution in [2.45, 2.75) is 19.8 Å². The molecule has 0 unspecified atom stereocenters. The van der Waals surface area contributed by atoms with Gasteiger partial charge in [0.25, 0.3) is 5.91 Å². The van der Waals surface area contributed by atoms with Crippen LogP contribution in [0, 0.1) is 0 Å². The predicted octanol–water partition coefficient (Wildman–Crippen LogP) is 4.22. The largest absolute Gasteiger partial charge is 0.321 e. The molecule has 98 valence electrons. The van der Waals surface area contributed by atoms with Crippen molar-refractivity contribution >= 4 is 27.5 Å². The third kappa shape index (κ3) is 3.64. The first-order valence-electron chi connectivity index (χ1n) is 6.09. The molecule has 0 saturated heterocycles. The minimum atomic E-state index is -0.204. The topological polar surface area (TPSA) is 42.0 Å². The van der Waals surface area contributed by atoms with Crippen molar-refractivity contribution in [1.82, 2.24) is 4.98 Å². The number of halogens is 1. The molecule has 0 aliphatic rings. The van der Waals surface area contributed by atoms with E-state index in [0.29, 0.717) is 11.6 Å². The first kappa shape index (κ1) is 13.7. The predicted molar refractivity (Wildman–Crippen MR) is 80.4 cm³/mol. The molecule has 2 rings (SSSR count). The summed E-state index contributed by atoms with van der Waals surface area (Å²) >= 11 is 3.29. The molecule has 1 N–H and O–H groups in total. The molecular formula is C15H15BrN2O. The molecule has 3 nitrogen and oxygen atoms in total. The Bertz CT molecular complexity index is 562. The van der Waals surface area contributed by atoms with Crippen molar-refractivity contribution in [3.8, 4) is 0 Å². The van der Waals surface area contributed by atoms with E-state index in [1.54, 1.807) is 18.3 Å². The normalized spacial score (nSPS) is 10.5. The van der Waals surface area contributed by atoms with Gasteiger partial charge < -0.3 is 5.32 Å². The van der Waals surface area contributed by atoms with E-state index in [1.807, 2.05) is 24.3 Å². The number of hydrogen-bond acceptors (Lipinski definition) is 2. The van der Waals surface area contributed by atoms with Gasteiger partial charge in [-0.2, -0.15) is 0 Å². The van der Waals surface area contributed by atoms with E-state index in [1.165, 1.54) is 5.56 Å². The van der Waals surface area contributed by atoms with Crippen LogP contribution in [-0.4, -0.2) is 10.9 Å². The highest BCUT2D eigenvalue weighted by molar-refractivity contribution is 9.10. The van der Waals surface area contributed by atoms with Gasteiger partial charge in [0.1, 0.15) is 5.69 Å². The van der Waals surface area contributed by atoms with Crippen LogP contribution < -0.4 is 5.32 Å². The molecule has 4 heteroatoms. The van der Waals surface area contributed by atoms with Gasteiger partial charge in [-0.3, -0.25) is 4.79 Å². The molecule has 0 fully saturated rings. The lowest BCUT2D eigenvalue weighted by Crippen LogP contribution is -2.13. The summed E-state index contributed by atoms with van der Waals surface area (Å²) in [4.78, 5) is 16.0. The summed E-state index contributed by atoms with van der Waals surface area (Å²) in [5, 5.41) is 2.83. The van der Waals surface area contributed by atoms with Crippen LogP contribution in [0.15, 0.2) is 47.1 Å². The Kier molecular flexibility index (Phi) is 4.32. The molecule has 1 aromatic heterocycles. The lowest BCUT2D eigenvalue weighted by atomic mass is 10.0. The number of anilines is 1. The summed E-state index contributed by atoms with van der Waals surface area (Å²) in [6, 6.07) is 11.3. The Labute approximate surface area is 121 Å². The van der Waals surface area contributed by atoms with Gasteiger partial charge in [0.2, 0.25) is 0 Å². The highest BCUT2D eigenvalue weighted by Gasteiger charge is 2.07. The summed E-state index contributed by atoms with van der Waals surface area (Å²) < 4.78 is 0.852. The number of carbonyl (C=O) groups excluding carboxylic acids is 1. The fraction of sp³-hybridized carbons (Fsp3) is 0.200. The number of amides is 1. The summed E-state index contributed by atoms with van der Waals surface area (Å²) in [5.74, 6) is 0.280. The van der Waals surface area contributed by atoms with Crippen molar-refractivity contribution in [3.05, 3.63) is 58.3 Å². The molecule has 0 spiro atoms. The van der Waals surface area contributed by atoms with Gasteiger partial charge in [-0.1, -0.05) is 26.0 Å². The number of benzene rings is 1. The second-order valence-corrected chi connectivity index (χ2v) is 5.51. The zero-order valence-corrected chi connectivity index (χ0v) is 12.4. The van der Waals surface area contributed by atoms with Crippen molar-refractivity contribution < 1.29 is 4.79 Å². The first-order chi connectivity index (χ1) is 9.06. The Morgan fingerprint density at radius 1 is 1.16 bits per heavy atom. The quantitative estimate of drug-likeness (QED) is 0.920. The minimum Gasteiger partial charge on any atom is -0.321 e. The molecular weight excluding hydrogens is 304 g/mol. The molecule has 19 heavy (non-hydrogen) atoms. The van der Waals surface area contributed by atoms with Crippen LogP contribution >= 0.6 is 15.9 Å². The highest BCUT2D eigenvalue weighted by Crippen LogP contribution is 2.17. The van der Waals surface area contributed by atoms with Crippen LogP contribution in [0.2, 0.25) is 0 Å². The average Bonchev–Trinajstić information content (AvgIpc) is 2.40. The summed E-state index contributed by atoms with van der Waals surface area (Å²) in [6.07, 6.45) is 1.61. The van der Waals surface area contributed by atoms with Gasteiger partial charge in [-0.25, -0.2) is 4.98 Å². The third-order valence-corrected chi connectivity index (χ3v) is 3.26. The van der Waals surface area contributed by atoms with Crippen molar-refractivity contribution in [2.24, 2.45) is 0 Å². The van der Waals surface area contributed by atoms with Gasteiger partial charge in [-0.05, 0) is 51.7 Å². The fourth-order valence-corrected chi connectivity index (χ4v) is 1.89. The number of nitrogens with one attached hydrogen (secondary N) is 1. The zero-order valence-electron chi connectivity index (χ0n) is 10.9. The Hall–Kier alpha value is -1.68. The Morgan fingerprint density at radius 3 is 2.37 bits per heavy atom. The Morgan fingerprint density at radius 2 is 1.84 bits per heavy atom. The maximum Gasteiger partial charge on any atom is 0.274 e.